The number of benzene rings is 1. The van der Waals surface area contributed by atoms with E-state index in [9.17, 15) is 4.79 Å². The van der Waals surface area contributed by atoms with Gasteiger partial charge in [0.2, 0.25) is 0 Å². The SMILES string of the molecule is Cc1ccc(OC/C=C/C(=O)O)c(Br)c1. The first-order chi connectivity index (χ1) is 7.09. The fraction of sp³-hybridized carbons (Fsp3) is 0.182. The van der Waals surface area contributed by atoms with Crippen LogP contribution in [0.2, 0.25) is 0 Å². The van der Waals surface area contributed by atoms with E-state index in [2.05, 4.69) is 15.9 Å². The molecule has 1 rings (SSSR count). The van der Waals surface area contributed by atoms with Crippen LogP contribution in [-0.4, -0.2) is 17.7 Å². The van der Waals surface area contributed by atoms with E-state index in [4.69, 9.17) is 9.84 Å². The first-order valence-corrected chi connectivity index (χ1v) is 5.17. The minimum absolute atomic E-state index is 0.244. The molecule has 0 fully saturated rings. The number of hydrogen-bond donors (Lipinski definition) is 1. The maximum Gasteiger partial charge on any atom is 0.328 e. The van der Waals surface area contributed by atoms with Gasteiger partial charge in [0, 0.05) is 6.08 Å². The van der Waals surface area contributed by atoms with Gasteiger partial charge in [-0.2, -0.15) is 0 Å². The molecule has 0 aliphatic heterocycles. The van der Waals surface area contributed by atoms with Crippen LogP contribution in [0, 0.1) is 6.92 Å². The van der Waals surface area contributed by atoms with Crippen LogP contribution in [0.1, 0.15) is 5.56 Å². The van der Waals surface area contributed by atoms with Gasteiger partial charge < -0.3 is 9.84 Å². The van der Waals surface area contributed by atoms with E-state index < -0.39 is 5.97 Å². The average Bonchev–Trinajstić information content (AvgIpc) is 2.14. The van der Waals surface area contributed by atoms with E-state index in [1.54, 1.807) is 0 Å². The molecule has 0 saturated carbocycles. The molecule has 0 aromatic heterocycles. The number of carbonyl (C=O) groups is 1. The van der Waals surface area contributed by atoms with Crippen molar-refractivity contribution in [3.05, 3.63) is 40.4 Å². The first-order valence-electron chi connectivity index (χ1n) is 4.38. The molecule has 3 nitrogen and oxygen atoms in total. The largest absolute Gasteiger partial charge is 0.488 e. The van der Waals surface area contributed by atoms with Gasteiger partial charge in [-0.25, -0.2) is 4.79 Å². The molecule has 1 aromatic rings. The van der Waals surface area contributed by atoms with Crippen LogP contribution in [0.4, 0.5) is 0 Å². The van der Waals surface area contributed by atoms with Crippen LogP contribution < -0.4 is 4.74 Å². The van der Waals surface area contributed by atoms with Crippen LogP contribution in [-0.2, 0) is 4.79 Å². The molecular weight excluding hydrogens is 260 g/mol. The predicted molar refractivity (Wildman–Crippen MR) is 61.1 cm³/mol. The molecule has 1 N–H and O–H groups in total. The Hall–Kier alpha value is -1.29. The van der Waals surface area contributed by atoms with Crippen molar-refractivity contribution in [3.63, 3.8) is 0 Å². The summed E-state index contributed by atoms with van der Waals surface area (Å²) in [4.78, 5) is 10.2. The van der Waals surface area contributed by atoms with Gasteiger partial charge in [-0.3, -0.25) is 0 Å². The monoisotopic (exact) mass is 270 g/mol. The molecule has 0 amide bonds. The van der Waals surface area contributed by atoms with Crippen LogP contribution in [0.5, 0.6) is 5.75 Å². The Morgan fingerprint density at radius 2 is 2.33 bits per heavy atom. The summed E-state index contributed by atoms with van der Waals surface area (Å²) in [6.45, 7) is 2.23. The van der Waals surface area contributed by atoms with E-state index in [0.717, 1.165) is 16.1 Å². The van der Waals surface area contributed by atoms with Crippen molar-refractivity contribution >= 4 is 21.9 Å². The molecule has 0 unspecified atom stereocenters. The number of hydrogen-bond acceptors (Lipinski definition) is 2. The number of carboxylic acids is 1. The van der Waals surface area contributed by atoms with Gasteiger partial charge in [-0.15, -0.1) is 0 Å². The summed E-state index contributed by atoms with van der Waals surface area (Å²) in [7, 11) is 0. The van der Waals surface area contributed by atoms with E-state index >= 15 is 0 Å². The minimum Gasteiger partial charge on any atom is -0.488 e. The molecule has 0 saturated heterocycles. The number of aryl methyl sites for hydroxylation is 1. The molecule has 0 spiro atoms. The number of halogens is 1. The molecule has 0 atom stereocenters. The van der Waals surface area contributed by atoms with Gasteiger partial charge >= 0.3 is 5.97 Å². The zero-order valence-corrected chi connectivity index (χ0v) is 9.82. The lowest BCUT2D eigenvalue weighted by Gasteiger charge is -2.05. The smallest absolute Gasteiger partial charge is 0.328 e. The normalized spacial score (nSPS) is 10.5. The Bertz CT molecular complexity index is 385. The van der Waals surface area contributed by atoms with E-state index in [-0.39, 0.29) is 6.61 Å². The van der Waals surface area contributed by atoms with Crippen molar-refractivity contribution in [1.29, 1.82) is 0 Å². The standard InChI is InChI=1S/C11H11BrO3/c1-8-4-5-10(9(12)7-8)15-6-2-3-11(13)14/h2-5,7H,6H2,1H3,(H,13,14)/b3-2+. The van der Waals surface area contributed by atoms with Gasteiger partial charge in [0.1, 0.15) is 12.4 Å². The van der Waals surface area contributed by atoms with Crippen molar-refractivity contribution < 1.29 is 14.6 Å². The predicted octanol–water partition coefficient (Wildman–Crippen LogP) is 2.78. The molecule has 0 aliphatic carbocycles. The number of carboxylic acid groups (broad SMARTS) is 1. The topological polar surface area (TPSA) is 46.5 Å². The van der Waals surface area contributed by atoms with Gasteiger partial charge in [0.15, 0.2) is 0 Å². The lowest BCUT2D eigenvalue weighted by atomic mass is 10.2. The van der Waals surface area contributed by atoms with E-state index in [1.807, 2.05) is 25.1 Å². The Labute approximate surface area is 96.5 Å². The minimum atomic E-state index is -0.971. The highest BCUT2D eigenvalue weighted by molar-refractivity contribution is 9.10. The molecular formula is C11H11BrO3. The van der Waals surface area contributed by atoms with Crippen LogP contribution in [0.3, 0.4) is 0 Å². The zero-order chi connectivity index (χ0) is 11.3. The summed E-state index contributed by atoms with van der Waals surface area (Å²) in [6.07, 6.45) is 2.51. The number of aliphatic carboxylic acids is 1. The third-order valence-corrected chi connectivity index (χ3v) is 2.30. The summed E-state index contributed by atoms with van der Waals surface area (Å²) in [5.41, 5.74) is 1.13. The Morgan fingerprint density at radius 1 is 1.60 bits per heavy atom. The lowest BCUT2D eigenvalue weighted by molar-refractivity contribution is -0.131. The van der Waals surface area contributed by atoms with Crippen LogP contribution in [0.25, 0.3) is 0 Å². The van der Waals surface area contributed by atoms with Crippen LogP contribution >= 0.6 is 15.9 Å². The quantitative estimate of drug-likeness (QED) is 0.856. The second-order valence-corrected chi connectivity index (χ2v) is 3.84. The van der Waals surface area contributed by atoms with Gasteiger partial charge in [-0.05, 0) is 46.6 Å². The Kier molecular flexibility index (Phi) is 4.37. The third kappa shape index (κ3) is 4.16. The van der Waals surface area contributed by atoms with E-state index in [1.165, 1.54) is 6.08 Å². The fourth-order valence-corrected chi connectivity index (χ4v) is 1.62. The van der Waals surface area contributed by atoms with Crippen LogP contribution in [0.15, 0.2) is 34.8 Å². The second-order valence-electron chi connectivity index (χ2n) is 2.99. The maximum atomic E-state index is 10.2. The van der Waals surface area contributed by atoms with E-state index in [0.29, 0.717) is 5.75 Å². The van der Waals surface area contributed by atoms with Crippen molar-refractivity contribution in [1.82, 2.24) is 0 Å². The Balaban J connectivity index is 2.54. The summed E-state index contributed by atoms with van der Waals surface area (Å²) >= 11 is 3.36. The number of ether oxygens (including phenoxy) is 1. The summed E-state index contributed by atoms with van der Waals surface area (Å²) in [6, 6.07) is 5.71. The third-order valence-electron chi connectivity index (χ3n) is 1.68. The maximum absolute atomic E-state index is 10.2. The first kappa shape index (κ1) is 11.8. The highest BCUT2D eigenvalue weighted by atomic mass is 79.9. The molecule has 0 aliphatic rings. The zero-order valence-electron chi connectivity index (χ0n) is 8.24. The number of rotatable bonds is 4. The fourth-order valence-electron chi connectivity index (χ4n) is 1.01. The molecule has 0 bridgehead atoms. The second kappa shape index (κ2) is 5.56. The molecule has 4 heteroatoms. The summed E-state index contributed by atoms with van der Waals surface area (Å²) in [5, 5.41) is 8.35. The highest BCUT2D eigenvalue weighted by Gasteiger charge is 1.99. The molecule has 1 aromatic carbocycles. The molecule has 0 heterocycles. The molecule has 0 radical (unpaired) electrons. The van der Waals surface area contributed by atoms with Crippen molar-refractivity contribution in [2.75, 3.05) is 6.61 Å². The Morgan fingerprint density at radius 3 is 2.93 bits per heavy atom. The van der Waals surface area contributed by atoms with Gasteiger partial charge in [0.05, 0.1) is 4.47 Å². The average molecular weight is 271 g/mol. The lowest BCUT2D eigenvalue weighted by Crippen LogP contribution is -1.96. The summed E-state index contributed by atoms with van der Waals surface area (Å²) < 4.78 is 6.21. The van der Waals surface area contributed by atoms with Crippen molar-refractivity contribution in [3.8, 4) is 5.75 Å². The molecule has 15 heavy (non-hydrogen) atoms. The highest BCUT2D eigenvalue weighted by Crippen LogP contribution is 2.25. The van der Waals surface area contributed by atoms with Crippen molar-refractivity contribution in [2.45, 2.75) is 6.92 Å². The van der Waals surface area contributed by atoms with Crippen molar-refractivity contribution in [2.24, 2.45) is 0 Å². The van der Waals surface area contributed by atoms with Gasteiger partial charge in [0.25, 0.3) is 0 Å². The van der Waals surface area contributed by atoms with Gasteiger partial charge in [-0.1, -0.05) is 6.07 Å². The summed E-state index contributed by atoms with van der Waals surface area (Å²) in [5.74, 6) is -0.266. The molecule has 80 valence electrons.